The first-order valence-electron chi connectivity index (χ1n) is 6.27. The van der Waals surface area contributed by atoms with E-state index in [-0.39, 0.29) is 17.8 Å². The van der Waals surface area contributed by atoms with Gasteiger partial charge in [0.05, 0.1) is 12.2 Å². The van der Waals surface area contributed by atoms with Crippen LogP contribution in [0.15, 0.2) is 18.3 Å². The number of thiophene rings is 1. The molecular formula is C13H11F3N4S. The number of anilines is 1. The maximum absolute atomic E-state index is 13.3. The molecule has 110 valence electrons. The molecule has 0 unspecified atom stereocenters. The van der Waals surface area contributed by atoms with Crippen LogP contribution in [0.25, 0.3) is 0 Å². The molecule has 0 saturated heterocycles. The van der Waals surface area contributed by atoms with Gasteiger partial charge in [0.15, 0.2) is 6.04 Å². The third kappa shape index (κ3) is 2.38. The van der Waals surface area contributed by atoms with E-state index in [1.165, 1.54) is 17.5 Å². The second kappa shape index (κ2) is 4.77. The number of nitrogens with zero attached hydrogens (tertiary/aromatic N) is 3. The Morgan fingerprint density at radius 1 is 1.48 bits per heavy atom. The molecule has 0 amide bonds. The second-order valence-corrected chi connectivity index (χ2v) is 6.22. The lowest BCUT2D eigenvalue weighted by Crippen LogP contribution is -2.35. The van der Waals surface area contributed by atoms with Crippen LogP contribution in [0.3, 0.4) is 0 Å². The number of nitriles is 1. The summed E-state index contributed by atoms with van der Waals surface area (Å²) >= 11 is 1.46. The lowest BCUT2D eigenvalue weighted by atomic mass is 10.0. The summed E-state index contributed by atoms with van der Waals surface area (Å²) in [6.45, 7) is 1.91. The van der Waals surface area contributed by atoms with Gasteiger partial charge < -0.3 is 5.32 Å². The predicted molar refractivity (Wildman–Crippen MR) is 72.1 cm³/mol. The number of alkyl halides is 3. The molecule has 0 saturated carbocycles. The second-order valence-electron chi connectivity index (χ2n) is 4.90. The lowest BCUT2D eigenvalue weighted by Gasteiger charge is -2.33. The summed E-state index contributed by atoms with van der Waals surface area (Å²) in [5.74, 6) is 0.141. The highest BCUT2D eigenvalue weighted by molar-refractivity contribution is 7.12. The summed E-state index contributed by atoms with van der Waals surface area (Å²) in [5.41, 5.74) is 0.127. The van der Waals surface area contributed by atoms with E-state index in [0.717, 1.165) is 14.4 Å². The molecule has 0 bridgehead atoms. The molecule has 3 rings (SSSR count). The first-order valence-corrected chi connectivity index (χ1v) is 7.09. The Labute approximate surface area is 122 Å². The van der Waals surface area contributed by atoms with E-state index in [0.29, 0.717) is 0 Å². The first-order chi connectivity index (χ1) is 9.90. The Morgan fingerprint density at radius 2 is 2.24 bits per heavy atom. The topological polar surface area (TPSA) is 53.6 Å². The van der Waals surface area contributed by atoms with Crippen molar-refractivity contribution in [1.29, 1.82) is 5.26 Å². The maximum Gasteiger partial charge on any atom is 0.410 e. The number of aryl methyl sites for hydroxylation is 1. The number of hydrogen-bond donors (Lipinski definition) is 1. The minimum atomic E-state index is -4.40. The van der Waals surface area contributed by atoms with Crippen LogP contribution in [-0.2, 0) is 0 Å². The number of fused-ring (bicyclic) bond motifs is 1. The van der Waals surface area contributed by atoms with Gasteiger partial charge >= 0.3 is 6.18 Å². The largest absolute Gasteiger partial charge is 0.410 e. The van der Waals surface area contributed by atoms with Gasteiger partial charge in [-0.15, -0.1) is 11.3 Å². The minimum Gasteiger partial charge on any atom is -0.361 e. The highest BCUT2D eigenvalue weighted by atomic mass is 32.1. The molecule has 0 aliphatic carbocycles. The van der Waals surface area contributed by atoms with Gasteiger partial charge in [0, 0.05) is 16.2 Å². The summed E-state index contributed by atoms with van der Waals surface area (Å²) in [7, 11) is 0. The fourth-order valence-electron chi connectivity index (χ4n) is 2.47. The number of aromatic nitrogens is 2. The van der Waals surface area contributed by atoms with Crippen molar-refractivity contribution >= 4 is 17.2 Å². The molecule has 2 atom stereocenters. The Balaban J connectivity index is 2.05. The van der Waals surface area contributed by atoms with Crippen molar-refractivity contribution in [2.24, 2.45) is 0 Å². The molecule has 4 nitrogen and oxygen atoms in total. The molecule has 1 N–H and O–H groups in total. The van der Waals surface area contributed by atoms with Crippen molar-refractivity contribution in [3.8, 4) is 6.07 Å². The van der Waals surface area contributed by atoms with Crippen molar-refractivity contribution in [3.05, 3.63) is 33.6 Å². The highest BCUT2D eigenvalue weighted by Gasteiger charge is 2.47. The Morgan fingerprint density at radius 3 is 2.81 bits per heavy atom. The van der Waals surface area contributed by atoms with Crippen LogP contribution in [0, 0.1) is 18.3 Å². The van der Waals surface area contributed by atoms with Crippen molar-refractivity contribution < 1.29 is 13.2 Å². The quantitative estimate of drug-likeness (QED) is 0.871. The van der Waals surface area contributed by atoms with E-state index in [4.69, 9.17) is 5.26 Å². The fraction of sp³-hybridized carbons (Fsp3) is 0.385. The summed E-state index contributed by atoms with van der Waals surface area (Å²) in [6.07, 6.45) is -3.37. The standard InChI is InChI=1S/C13H11F3N4S/c1-7-2-3-10(21-7)9-4-11(13(14,15)16)20-12(19-9)8(5-17)6-18-20/h2-3,6,9,11,19H,4H2,1H3/t9-,11+/m0/s1. The molecule has 1 aliphatic rings. The van der Waals surface area contributed by atoms with Gasteiger partial charge in [-0.3, -0.25) is 0 Å². The van der Waals surface area contributed by atoms with Gasteiger partial charge in [0.1, 0.15) is 17.5 Å². The molecule has 8 heteroatoms. The molecule has 2 aromatic rings. The van der Waals surface area contributed by atoms with Crippen LogP contribution in [-0.4, -0.2) is 16.0 Å². The lowest BCUT2D eigenvalue weighted by molar-refractivity contribution is -0.173. The van der Waals surface area contributed by atoms with Gasteiger partial charge in [0.25, 0.3) is 0 Å². The number of rotatable bonds is 1. The summed E-state index contributed by atoms with van der Waals surface area (Å²) in [6, 6.07) is 3.39. The van der Waals surface area contributed by atoms with Gasteiger partial charge in [-0.05, 0) is 19.1 Å². The van der Waals surface area contributed by atoms with Crippen LogP contribution in [0.1, 0.15) is 33.8 Å². The van der Waals surface area contributed by atoms with Gasteiger partial charge in [0.2, 0.25) is 0 Å². The van der Waals surface area contributed by atoms with Gasteiger partial charge in [-0.25, -0.2) is 4.68 Å². The molecule has 3 heterocycles. The third-order valence-electron chi connectivity index (χ3n) is 3.46. The van der Waals surface area contributed by atoms with Crippen molar-refractivity contribution in [1.82, 2.24) is 9.78 Å². The molecule has 21 heavy (non-hydrogen) atoms. The third-order valence-corrected chi connectivity index (χ3v) is 4.58. The average molecular weight is 312 g/mol. The Hall–Kier alpha value is -2.01. The average Bonchev–Trinajstić information content (AvgIpc) is 3.02. The van der Waals surface area contributed by atoms with E-state index >= 15 is 0 Å². The van der Waals surface area contributed by atoms with E-state index in [1.807, 2.05) is 25.1 Å². The fourth-order valence-corrected chi connectivity index (χ4v) is 3.41. The van der Waals surface area contributed by atoms with E-state index in [2.05, 4.69) is 10.4 Å². The zero-order valence-electron chi connectivity index (χ0n) is 11.0. The van der Waals surface area contributed by atoms with Crippen LogP contribution in [0.2, 0.25) is 0 Å². The van der Waals surface area contributed by atoms with Crippen LogP contribution in [0.4, 0.5) is 19.0 Å². The molecule has 0 fully saturated rings. The number of hydrogen-bond acceptors (Lipinski definition) is 4. The van der Waals surface area contributed by atoms with Crippen molar-refractivity contribution in [3.63, 3.8) is 0 Å². The molecule has 0 spiro atoms. The molecule has 0 aromatic carbocycles. The summed E-state index contributed by atoms with van der Waals surface area (Å²) < 4.78 is 40.6. The first kappa shape index (κ1) is 13.9. The number of halogens is 3. The maximum atomic E-state index is 13.3. The molecule has 2 aromatic heterocycles. The van der Waals surface area contributed by atoms with E-state index < -0.39 is 18.3 Å². The van der Waals surface area contributed by atoms with Crippen LogP contribution in [0.5, 0.6) is 0 Å². The summed E-state index contributed by atoms with van der Waals surface area (Å²) in [4.78, 5) is 1.87. The smallest absolute Gasteiger partial charge is 0.361 e. The highest BCUT2D eigenvalue weighted by Crippen LogP contribution is 2.45. The summed E-state index contributed by atoms with van der Waals surface area (Å²) in [5, 5.41) is 15.8. The zero-order chi connectivity index (χ0) is 15.2. The zero-order valence-corrected chi connectivity index (χ0v) is 11.8. The molecule has 1 aliphatic heterocycles. The van der Waals surface area contributed by atoms with Crippen LogP contribution >= 0.6 is 11.3 Å². The Kier molecular flexibility index (Phi) is 3.17. The van der Waals surface area contributed by atoms with Gasteiger partial charge in [-0.1, -0.05) is 0 Å². The van der Waals surface area contributed by atoms with E-state index in [9.17, 15) is 13.2 Å². The van der Waals surface area contributed by atoms with Crippen molar-refractivity contribution in [2.45, 2.75) is 31.6 Å². The normalized spacial score (nSPS) is 21.5. The minimum absolute atomic E-state index is 0.127. The van der Waals surface area contributed by atoms with Crippen LogP contribution < -0.4 is 5.32 Å². The van der Waals surface area contributed by atoms with Gasteiger partial charge in [-0.2, -0.15) is 23.5 Å². The molecule has 0 radical (unpaired) electrons. The number of nitrogens with one attached hydrogen (secondary N) is 1. The monoisotopic (exact) mass is 312 g/mol. The predicted octanol–water partition coefficient (Wildman–Crippen LogP) is 3.79. The molecular weight excluding hydrogens is 301 g/mol. The van der Waals surface area contributed by atoms with Crippen molar-refractivity contribution in [2.75, 3.05) is 5.32 Å². The Bertz CT molecular complexity index is 710. The van der Waals surface area contributed by atoms with E-state index in [1.54, 1.807) is 0 Å². The SMILES string of the molecule is Cc1ccc([C@@H]2C[C@H](C(F)(F)F)n3ncc(C#N)c3N2)s1.